The third kappa shape index (κ3) is 8.16. The molecule has 1 unspecified atom stereocenters. The number of benzene rings is 3. The zero-order valence-corrected chi connectivity index (χ0v) is 24.1. The number of nitrogens with zero attached hydrogens (tertiary/aromatic N) is 1. The lowest BCUT2D eigenvalue weighted by Gasteiger charge is -2.33. The summed E-state index contributed by atoms with van der Waals surface area (Å²) in [5.41, 5.74) is 1.62. The maximum absolute atomic E-state index is 13.8. The van der Waals surface area contributed by atoms with Gasteiger partial charge in [0.25, 0.3) is 0 Å². The number of thioether (sulfide) groups is 1. The van der Waals surface area contributed by atoms with Gasteiger partial charge in [0.2, 0.25) is 11.8 Å². The number of nitrogens with one attached hydrogen (secondary N) is 1. The molecule has 1 N–H and O–H groups in total. The average Bonchev–Trinajstić information content (AvgIpc) is 3.42. The Bertz CT molecular complexity index is 1200. The van der Waals surface area contributed by atoms with Gasteiger partial charge in [-0.1, -0.05) is 84.0 Å². The zero-order chi connectivity index (χ0) is 26.9. The molecular weight excluding hydrogens is 559 g/mol. The van der Waals surface area contributed by atoms with Gasteiger partial charge < -0.3 is 10.2 Å². The summed E-state index contributed by atoms with van der Waals surface area (Å²) >= 11 is 20.6. The van der Waals surface area contributed by atoms with E-state index in [2.05, 4.69) is 5.32 Å². The van der Waals surface area contributed by atoms with Gasteiger partial charge in [0.05, 0.1) is 0 Å². The highest BCUT2D eigenvalue weighted by molar-refractivity contribution is 7.99. The van der Waals surface area contributed by atoms with E-state index in [1.807, 2.05) is 54.6 Å². The van der Waals surface area contributed by atoms with E-state index in [-0.39, 0.29) is 30.8 Å². The highest BCUT2D eigenvalue weighted by Crippen LogP contribution is 2.29. The van der Waals surface area contributed by atoms with Crippen LogP contribution in [0.5, 0.6) is 0 Å². The summed E-state index contributed by atoms with van der Waals surface area (Å²) in [5, 5.41) is 4.84. The van der Waals surface area contributed by atoms with Crippen molar-refractivity contribution in [3.63, 3.8) is 0 Å². The lowest BCUT2D eigenvalue weighted by atomic mass is 10.0. The summed E-state index contributed by atoms with van der Waals surface area (Å²) < 4.78 is 0. The van der Waals surface area contributed by atoms with E-state index in [1.165, 1.54) is 0 Å². The van der Waals surface area contributed by atoms with Crippen LogP contribution in [0, 0.1) is 0 Å². The van der Waals surface area contributed by atoms with Crippen molar-refractivity contribution < 1.29 is 9.59 Å². The fourth-order valence-electron chi connectivity index (χ4n) is 4.71. The fourth-order valence-corrected chi connectivity index (χ4v) is 6.19. The quantitative estimate of drug-likeness (QED) is 0.232. The van der Waals surface area contributed by atoms with Gasteiger partial charge in [0.15, 0.2) is 0 Å². The number of rotatable bonds is 11. The van der Waals surface area contributed by atoms with Gasteiger partial charge >= 0.3 is 0 Å². The minimum absolute atomic E-state index is 0.120. The number of carbonyl (C=O) groups excluding carboxylic acids is 2. The zero-order valence-electron chi connectivity index (χ0n) is 21.0. The van der Waals surface area contributed by atoms with Crippen LogP contribution in [0.2, 0.25) is 15.1 Å². The molecular formula is C30H31Cl3N2O2S. The average molecular weight is 590 g/mol. The molecule has 2 amide bonds. The minimum atomic E-state index is -0.696. The first-order valence-electron chi connectivity index (χ1n) is 12.9. The molecule has 0 radical (unpaired) electrons. The van der Waals surface area contributed by atoms with Gasteiger partial charge in [-0.15, -0.1) is 11.8 Å². The maximum Gasteiger partial charge on any atom is 0.243 e. The van der Waals surface area contributed by atoms with Gasteiger partial charge in [-0.2, -0.15) is 0 Å². The van der Waals surface area contributed by atoms with Crippen LogP contribution >= 0.6 is 46.6 Å². The van der Waals surface area contributed by atoms with Crippen molar-refractivity contribution >= 4 is 58.4 Å². The van der Waals surface area contributed by atoms with E-state index in [4.69, 9.17) is 34.8 Å². The highest BCUT2D eigenvalue weighted by atomic mass is 35.5. The molecule has 0 heterocycles. The summed E-state index contributed by atoms with van der Waals surface area (Å²) in [6, 6.07) is 22.1. The van der Waals surface area contributed by atoms with Crippen LogP contribution in [-0.2, 0) is 22.6 Å². The molecule has 200 valence electrons. The van der Waals surface area contributed by atoms with Crippen molar-refractivity contribution in [1.82, 2.24) is 10.2 Å². The molecule has 3 aromatic rings. The van der Waals surface area contributed by atoms with Gasteiger partial charge in [-0.05, 0) is 54.8 Å². The minimum Gasteiger partial charge on any atom is -0.352 e. The Balaban J connectivity index is 1.59. The lowest BCUT2D eigenvalue weighted by molar-refractivity contribution is -0.141. The van der Waals surface area contributed by atoms with Crippen LogP contribution in [0.1, 0.15) is 43.2 Å². The van der Waals surface area contributed by atoms with Crippen LogP contribution in [0.25, 0.3) is 0 Å². The Morgan fingerprint density at radius 1 is 0.895 bits per heavy atom. The molecule has 38 heavy (non-hydrogen) atoms. The highest BCUT2D eigenvalue weighted by Gasteiger charge is 2.32. The summed E-state index contributed by atoms with van der Waals surface area (Å²) in [7, 11) is 0. The molecule has 0 aromatic heterocycles. The van der Waals surface area contributed by atoms with Gasteiger partial charge in [-0.3, -0.25) is 9.59 Å². The maximum atomic E-state index is 13.8. The van der Waals surface area contributed by atoms with E-state index >= 15 is 0 Å². The van der Waals surface area contributed by atoms with Gasteiger partial charge in [0, 0.05) is 56.7 Å². The Hall–Kier alpha value is -2.18. The molecule has 0 saturated heterocycles. The molecule has 1 saturated carbocycles. The predicted molar refractivity (Wildman–Crippen MR) is 158 cm³/mol. The Labute approximate surface area is 244 Å². The number of amides is 2. The van der Waals surface area contributed by atoms with Crippen LogP contribution in [0.15, 0.2) is 77.7 Å². The summed E-state index contributed by atoms with van der Waals surface area (Å²) in [5.74, 6) is 0.308. The van der Waals surface area contributed by atoms with Crippen LogP contribution in [0.4, 0.5) is 0 Å². The van der Waals surface area contributed by atoms with Crippen LogP contribution in [-0.4, -0.2) is 34.6 Å². The smallest absolute Gasteiger partial charge is 0.243 e. The molecule has 0 spiro atoms. The number of carbonyl (C=O) groups is 2. The van der Waals surface area contributed by atoms with Crippen molar-refractivity contribution in [1.29, 1.82) is 0 Å². The van der Waals surface area contributed by atoms with E-state index in [9.17, 15) is 9.59 Å². The molecule has 4 nitrogen and oxygen atoms in total. The molecule has 0 aliphatic heterocycles. The SMILES string of the molecule is O=C(NC1CCCC1)C(Cc1ccccc1)N(Cc1c(Cl)cccc1Cl)C(=O)CCSc1ccc(Cl)cc1. The Morgan fingerprint density at radius 3 is 2.21 bits per heavy atom. The molecule has 1 aliphatic carbocycles. The monoisotopic (exact) mass is 588 g/mol. The molecule has 8 heteroatoms. The Kier molecular flexibility index (Phi) is 10.8. The largest absolute Gasteiger partial charge is 0.352 e. The van der Waals surface area contributed by atoms with E-state index in [0.29, 0.717) is 32.8 Å². The van der Waals surface area contributed by atoms with Crippen molar-refractivity contribution in [3.05, 3.63) is 99.0 Å². The third-order valence-electron chi connectivity index (χ3n) is 6.76. The second-order valence-corrected chi connectivity index (χ2v) is 11.9. The van der Waals surface area contributed by atoms with Crippen molar-refractivity contribution in [2.24, 2.45) is 0 Å². The summed E-state index contributed by atoms with van der Waals surface area (Å²) in [4.78, 5) is 30.3. The van der Waals surface area contributed by atoms with Crippen molar-refractivity contribution in [2.45, 2.75) is 62.0 Å². The number of hydrogen-bond donors (Lipinski definition) is 1. The van der Waals surface area contributed by atoms with Gasteiger partial charge in [-0.25, -0.2) is 0 Å². The van der Waals surface area contributed by atoms with Crippen molar-refractivity contribution in [3.8, 4) is 0 Å². The standard InChI is InChI=1S/C30H31Cl3N2O2S/c31-22-13-15-24(16-14-22)38-18-17-29(36)35(20-25-26(32)11-6-12-27(25)33)28(19-21-7-2-1-3-8-21)30(37)34-23-9-4-5-10-23/h1-3,6-8,11-16,23,28H,4-5,9-10,17-20H2,(H,34,37). The molecule has 1 atom stereocenters. The number of hydrogen-bond acceptors (Lipinski definition) is 3. The van der Waals surface area contributed by atoms with E-state index in [0.717, 1.165) is 36.1 Å². The summed E-state index contributed by atoms with van der Waals surface area (Å²) in [6.45, 7) is 0.151. The van der Waals surface area contributed by atoms with Gasteiger partial charge in [0.1, 0.15) is 6.04 Å². The molecule has 3 aromatic carbocycles. The van der Waals surface area contributed by atoms with E-state index in [1.54, 1.807) is 34.9 Å². The predicted octanol–water partition coefficient (Wildman–Crippen LogP) is 7.83. The molecule has 0 bridgehead atoms. The first kappa shape index (κ1) is 28.8. The first-order chi connectivity index (χ1) is 18.4. The Morgan fingerprint density at radius 2 is 1.55 bits per heavy atom. The third-order valence-corrected chi connectivity index (χ3v) is 8.74. The molecule has 1 fully saturated rings. The lowest BCUT2D eigenvalue weighted by Crippen LogP contribution is -2.52. The van der Waals surface area contributed by atoms with E-state index < -0.39 is 6.04 Å². The number of halogens is 3. The molecule has 4 rings (SSSR count). The second kappa shape index (κ2) is 14.3. The van der Waals surface area contributed by atoms with Crippen LogP contribution < -0.4 is 5.32 Å². The fraction of sp³-hybridized carbons (Fsp3) is 0.333. The van der Waals surface area contributed by atoms with Crippen LogP contribution in [0.3, 0.4) is 0 Å². The topological polar surface area (TPSA) is 49.4 Å². The second-order valence-electron chi connectivity index (χ2n) is 9.47. The molecule has 1 aliphatic rings. The summed E-state index contributed by atoms with van der Waals surface area (Å²) in [6.07, 6.45) is 4.80. The normalized spacial score (nSPS) is 14.3. The van der Waals surface area contributed by atoms with Crippen molar-refractivity contribution in [2.75, 3.05) is 5.75 Å². The first-order valence-corrected chi connectivity index (χ1v) is 15.0.